The third-order valence-corrected chi connectivity index (χ3v) is 2.69. The van der Waals surface area contributed by atoms with Crippen molar-refractivity contribution in [2.24, 2.45) is 0 Å². The molecule has 0 saturated carbocycles. The first-order valence-electron chi connectivity index (χ1n) is 6.01. The fourth-order valence-electron chi connectivity index (χ4n) is 1.69. The lowest BCUT2D eigenvalue weighted by Gasteiger charge is -2.18. The van der Waals surface area contributed by atoms with Gasteiger partial charge in [-0.25, -0.2) is 0 Å². The minimum atomic E-state index is -0.845. The smallest absolute Gasteiger partial charge is 0.253 e. The van der Waals surface area contributed by atoms with Crippen LogP contribution in [0.3, 0.4) is 0 Å². The van der Waals surface area contributed by atoms with Gasteiger partial charge in [0.1, 0.15) is 12.5 Å². The first kappa shape index (κ1) is 16.0. The molecule has 1 unspecified atom stereocenters. The third-order valence-electron chi connectivity index (χ3n) is 2.69. The van der Waals surface area contributed by atoms with Crippen LogP contribution < -0.4 is 0 Å². The van der Waals surface area contributed by atoms with Crippen molar-refractivity contribution in [2.45, 2.75) is 25.5 Å². The number of imide groups is 1. The predicted molar refractivity (Wildman–Crippen MR) is 65.6 cm³/mol. The van der Waals surface area contributed by atoms with Crippen molar-refractivity contribution < 1.29 is 29.1 Å². The lowest BCUT2D eigenvalue weighted by atomic mass is 10.4. The van der Waals surface area contributed by atoms with Gasteiger partial charge < -0.3 is 14.8 Å². The molecule has 2 rings (SSSR count). The minimum Gasteiger partial charge on any atom is -0.370 e. The maximum absolute atomic E-state index is 10.9. The van der Waals surface area contributed by atoms with Gasteiger partial charge in [0, 0.05) is 31.9 Å². The maximum Gasteiger partial charge on any atom is 0.253 e. The molecule has 110 valence electrons. The Morgan fingerprint density at radius 2 is 1.95 bits per heavy atom. The highest BCUT2D eigenvalue weighted by atomic mass is 16.7. The zero-order chi connectivity index (χ0) is 15.1. The van der Waals surface area contributed by atoms with Gasteiger partial charge in [0.05, 0.1) is 7.11 Å². The highest BCUT2D eigenvalue weighted by molar-refractivity contribution is 6.00. The second-order valence-corrected chi connectivity index (χ2v) is 4.02. The number of hydrogen-bond acceptors (Lipinski definition) is 6. The molecule has 1 saturated heterocycles. The van der Waals surface area contributed by atoms with E-state index in [2.05, 4.69) is 4.84 Å². The van der Waals surface area contributed by atoms with Gasteiger partial charge in [-0.1, -0.05) is 0 Å². The Balaban J connectivity index is 0.000000204. The number of carbonyl (C=O) groups is 4. The number of hydrogen-bond donors (Lipinski definition) is 1. The first-order chi connectivity index (χ1) is 9.51. The molecular formula is C12H16N2O6. The summed E-state index contributed by atoms with van der Waals surface area (Å²) in [4.78, 5) is 47.7. The molecule has 2 heterocycles. The molecule has 0 spiro atoms. The molecule has 1 atom stereocenters. The third kappa shape index (κ3) is 3.97. The largest absolute Gasteiger partial charge is 0.370 e. The highest BCUT2D eigenvalue weighted by Gasteiger charge is 2.28. The number of aliphatic hydroxyl groups is 1. The molecule has 3 amide bonds. The number of nitrogens with zero attached hydrogens (tertiary/aromatic N) is 2. The van der Waals surface area contributed by atoms with Crippen molar-refractivity contribution in [1.82, 2.24) is 9.96 Å². The molecule has 0 aromatic rings. The standard InChI is InChI=1S/C7H9NO3.C5H7NO3/c9-5-1-4-8-6(10)2-3-7(8)11;1-9-6-4(7)2-3-5(6)8/h2-3,5-6,10H,1,4H2;2-3H2,1H3. The van der Waals surface area contributed by atoms with Crippen LogP contribution in [-0.4, -0.2) is 59.0 Å². The fraction of sp³-hybridized carbons (Fsp3) is 0.500. The summed E-state index contributed by atoms with van der Waals surface area (Å²) in [7, 11) is 1.31. The zero-order valence-electron chi connectivity index (χ0n) is 11.0. The molecule has 0 aromatic heterocycles. The quantitative estimate of drug-likeness (QED) is 0.524. The van der Waals surface area contributed by atoms with Gasteiger partial charge in [-0.3, -0.25) is 19.2 Å². The second kappa shape index (κ2) is 7.51. The topological polar surface area (TPSA) is 104 Å². The summed E-state index contributed by atoms with van der Waals surface area (Å²) in [6, 6.07) is 0. The monoisotopic (exact) mass is 284 g/mol. The van der Waals surface area contributed by atoms with E-state index in [9.17, 15) is 19.2 Å². The van der Waals surface area contributed by atoms with Crippen molar-refractivity contribution in [2.75, 3.05) is 13.7 Å². The number of hydroxylamine groups is 2. The van der Waals surface area contributed by atoms with Crippen molar-refractivity contribution in [3.8, 4) is 0 Å². The van der Waals surface area contributed by atoms with Gasteiger partial charge in [-0.05, 0) is 6.08 Å². The van der Waals surface area contributed by atoms with Crippen LogP contribution in [0.15, 0.2) is 12.2 Å². The number of amides is 3. The summed E-state index contributed by atoms with van der Waals surface area (Å²) in [5, 5.41) is 9.88. The molecule has 20 heavy (non-hydrogen) atoms. The average Bonchev–Trinajstić information content (AvgIpc) is 2.92. The van der Waals surface area contributed by atoms with E-state index in [0.717, 1.165) is 11.3 Å². The molecular weight excluding hydrogens is 268 g/mol. The van der Waals surface area contributed by atoms with Crippen LogP contribution in [-0.2, 0) is 24.0 Å². The van der Waals surface area contributed by atoms with Gasteiger partial charge in [0.15, 0.2) is 0 Å². The van der Waals surface area contributed by atoms with Crippen LogP contribution in [0.5, 0.6) is 0 Å². The van der Waals surface area contributed by atoms with E-state index in [0.29, 0.717) is 0 Å². The van der Waals surface area contributed by atoms with Crippen molar-refractivity contribution in [3.05, 3.63) is 12.2 Å². The molecule has 1 fully saturated rings. The molecule has 1 N–H and O–H groups in total. The summed E-state index contributed by atoms with van der Waals surface area (Å²) in [5.74, 6) is -0.732. The Kier molecular flexibility index (Phi) is 6.01. The van der Waals surface area contributed by atoms with Gasteiger partial charge >= 0.3 is 0 Å². The van der Waals surface area contributed by atoms with Crippen LogP contribution in [0, 0.1) is 0 Å². The molecule has 0 aromatic carbocycles. The second-order valence-electron chi connectivity index (χ2n) is 4.02. The van der Waals surface area contributed by atoms with E-state index in [1.807, 2.05) is 0 Å². The Bertz CT molecular complexity index is 418. The Morgan fingerprint density at radius 1 is 1.35 bits per heavy atom. The number of carbonyl (C=O) groups excluding carboxylic acids is 4. The van der Waals surface area contributed by atoms with Gasteiger partial charge in [-0.15, -0.1) is 0 Å². The van der Waals surface area contributed by atoms with E-state index < -0.39 is 6.23 Å². The Labute approximate surface area is 115 Å². The molecule has 2 aliphatic rings. The molecule has 0 radical (unpaired) electrons. The van der Waals surface area contributed by atoms with Crippen LogP contribution >= 0.6 is 0 Å². The summed E-state index contributed by atoms with van der Waals surface area (Å²) in [6.45, 7) is 0.288. The molecule has 0 bridgehead atoms. The van der Waals surface area contributed by atoms with Crippen LogP contribution in [0.2, 0.25) is 0 Å². The molecule has 2 aliphatic heterocycles. The SMILES string of the molecule is CON1C(=O)CCC1=O.O=CCCN1C(=O)C=CC1O. The summed E-state index contributed by atoms with van der Waals surface area (Å²) >= 11 is 0. The number of rotatable bonds is 4. The van der Waals surface area contributed by atoms with E-state index in [1.165, 1.54) is 24.2 Å². The lowest BCUT2D eigenvalue weighted by Crippen LogP contribution is -2.34. The Morgan fingerprint density at radius 3 is 2.30 bits per heavy atom. The summed E-state index contributed by atoms with van der Waals surface area (Å²) in [6.07, 6.45) is 3.41. The normalized spacial score (nSPS) is 21.3. The van der Waals surface area contributed by atoms with Gasteiger partial charge in [0.2, 0.25) is 5.91 Å². The van der Waals surface area contributed by atoms with Crippen LogP contribution in [0.25, 0.3) is 0 Å². The molecule has 0 aliphatic carbocycles. The minimum absolute atomic E-state index is 0.237. The number of aliphatic hydroxyl groups excluding tert-OH is 1. The van der Waals surface area contributed by atoms with E-state index >= 15 is 0 Å². The van der Waals surface area contributed by atoms with Crippen LogP contribution in [0.4, 0.5) is 0 Å². The molecule has 8 heteroatoms. The molecule has 8 nitrogen and oxygen atoms in total. The van der Waals surface area contributed by atoms with Crippen molar-refractivity contribution in [3.63, 3.8) is 0 Å². The lowest BCUT2D eigenvalue weighted by molar-refractivity contribution is -0.179. The highest BCUT2D eigenvalue weighted by Crippen LogP contribution is 2.10. The average molecular weight is 284 g/mol. The predicted octanol–water partition coefficient (Wildman–Crippen LogP) is -1.01. The van der Waals surface area contributed by atoms with E-state index in [4.69, 9.17) is 5.11 Å². The van der Waals surface area contributed by atoms with Crippen LogP contribution in [0.1, 0.15) is 19.3 Å². The summed E-state index contributed by atoms with van der Waals surface area (Å²) < 4.78 is 0. The van der Waals surface area contributed by atoms with E-state index in [1.54, 1.807) is 0 Å². The maximum atomic E-state index is 10.9. The van der Waals surface area contributed by atoms with Gasteiger partial charge in [-0.2, -0.15) is 5.06 Å². The number of aldehydes is 1. The van der Waals surface area contributed by atoms with E-state index in [-0.39, 0.29) is 43.5 Å². The first-order valence-corrected chi connectivity index (χ1v) is 6.01. The summed E-state index contributed by atoms with van der Waals surface area (Å²) in [5.41, 5.74) is 0. The van der Waals surface area contributed by atoms with Crippen molar-refractivity contribution >= 4 is 24.0 Å². The Hall–Kier alpha value is -2.06. The fourth-order valence-corrected chi connectivity index (χ4v) is 1.69. The zero-order valence-corrected chi connectivity index (χ0v) is 11.0. The van der Waals surface area contributed by atoms with Gasteiger partial charge in [0.25, 0.3) is 11.8 Å². The van der Waals surface area contributed by atoms with Crippen molar-refractivity contribution in [1.29, 1.82) is 0 Å².